The van der Waals surface area contributed by atoms with Crippen molar-refractivity contribution in [3.63, 3.8) is 0 Å². The Morgan fingerprint density at radius 1 is 1.42 bits per heavy atom. The largest absolute Gasteiger partial charge is 0.543 e. The van der Waals surface area contributed by atoms with Gasteiger partial charge in [-0.25, -0.2) is 4.57 Å². The summed E-state index contributed by atoms with van der Waals surface area (Å²) in [6, 6.07) is 5.66. The van der Waals surface area contributed by atoms with E-state index in [0.29, 0.717) is 18.7 Å². The lowest BCUT2D eigenvalue weighted by Crippen LogP contribution is -2.56. The van der Waals surface area contributed by atoms with Crippen LogP contribution in [0, 0.1) is 0 Å². The monoisotopic (exact) mass is 276 g/mol. The third kappa shape index (κ3) is 2.12. The summed E-state index contributed by atoms with van der Waals surface area (Å²) in [4.78, 5) is 24.2. The van der Waals surface area contributed by atoms with Crippen LogP contribution < -0.4 is 9.67 Å². The van der Waals surface area contributed by atoms with Crippen molar-refractivity contribution < 1.29 is 19.3 Å². The molecular formula is C13H12N2O3S. The first-order valence-corrected chi connectivity index (χ1v) is 7.03. The number of carboxylic acid groups (broad SMARTS) is 1. The van der Waals surface area contributed by atoms with Gasteiger partial charge in [-0.3, -0.25) is 9.69 Å². The Morgan fingerprint density at radius 3 is 2.79 bits per heavy atom. The molecule has 1 aromatic heterocycles. The Labute approximate surface area is 114 Å². The lowest BCUT2D eigenvalue weighted by molar-refractivity contribution is -0.689. The average Bonchev–Trinajstić information content (AvgIpc) is 2.39. The van der Waals surface area contributed by atoms with Crippen LogP contribution in [-0.4, -0.2) is 27.9 Å². The molecule has 1 fully saturated rings. The van der Waals surface area contributed by atoms with E-state index in [4.69, 9.17) is 0 Å². The highest BCUT2D eigenvalue weighted by atomic mass is 32.2. The van der Waals surface area contributed by atoms with Crippen molar-refractivity contribution >= 4 is 23.6 Å². The molecule has 6 heteroatoms. The van der Waals surface area contributed by atoms with Gasteiger partial charge in [-0.1, -0.05) is 6.07 Å². The van der Waals surface area contributed by atoms with Crippen molar-refractivity contribution in [2.45, 2.75) is 18.3 Å². The molecule has 1 amide bonds. The molecule has 98 valence electrons. The molecule has 19 heavy (non-hydrogen) atoms. The number of aliphatic carboxylic acids is 1. The maximum atomic E-state index is 11.6. The molecule has 0 aromatic carbocycles. The van der Waals surface area contributed by atoms with Crippen molar-refractivity contribution in [3.8, 4) is 0 Å². The minimum absolute atomic E-state index is 0.0232. The SMILES string of the molecule is O=C([O-])C1=C(C[n+]2ccccc2)CSC2CC(=O)N12. The Kier molecular flexibility index (Phi) is 3.02. The Bertz CT molecular complexity index is 571. The van der Waals surface area contributed by atoms with Crippen molar-refractivity contribution in [2.24, 2.45) is 0 Å². The molecule has 5 nitrogen and oxygen atoms in total. The number of pyridine rings is 1. The van der Waals surface area contributed by atoms with E-state index in [-0.39, 0.29) is 17.0 Å². The van der Waals surface area contributed by atoms with Crippen molar-refractivity contribution in [1.29, 1.82) is 0 Å². The van der Waals surface area contributed by atoms with Crippen LogP contribution in [0.2, 0.25) is 0 Å². The summed E-state index contributed by atoms with van der Waals surface area (Å²) in [5.41, 5.74) is 0.793. The first-order chi connectivity index (χ1) is 9.16. The summed E-state index contributed by atoms with van der Waals surface area (Å²) in [6.45, 7) is 0.466. The van der Waals surface area contributed by atoms with E-state index in [9.17, 15) is 14.7 Å². The summed E-state index contributed by atoms with van der Waals surface area (Å²) in [6.07, 6.45) is 4.16. The smallest absolute Gasteiger partial charge is 0.230 e. The van der Waals surface area contributed by atoms with Crippen LogP contribution in [0.3, 0.4) is 0 Å². The van der Waals surface area contributed by atoms with Gasteiger partial charge in [0, 0.05) is 23.5 Å². The predicted octanol–water partition coefficient (Wildman–Crippen LogP) is -0.717. The fourth-order valence-corrected chi connectivity index (χ4v) is 3.60. The second-order valence-electron chi connectivity index (χ2n) is 4.52. The van der Waals surface area contributed by atoms with Crippen LogP contribution in [0.25, 0.3) is 0 Å². The van der Waals surface area contributed by atoms with E-state index in [1.165, 1.54) is 4.90 Å². The van der Waals surface area contributed by atoms with Gasteiger partial charge in [0.15, 0.2) is 18.9 Å². The van der Waals surface area contributed by atoms with Crippen LogP contribution in [-0.2, 0) is 16.1 Å². The number of hydrogen-bond acceptors (Lipinski definition) is 4. The molecule has 3 heterocycles. The molecule has 3 rings (SSSR count). The third-order valence-corrected chi connectivity index (χ3v) is 4.55. The van der Waals surface area contributed by atoms with Crippen LogP contribution >= 0.6 is 11.8 Å². The number of rotatable bonds is 3. The number of hydrogen-bond donors (Lipinski definition) is 0. The van der Waals surface area contributed by atoms with Crippen molar-refractivity contribution in [1.82, 2.24) is 4.90 Å². The minimum Gasteiger partial charge on any atom is -0.543 e. The number of fused-ring (bicyclic) bond motifs is 1. The lowest BCUT2D eigenvalue weighted by atomic mass is 10.1. The molecule has 1 atom stereocenters. The molecule has 0 bridgehead atoms. The lowest BCUT2D eigenvalue weighted by Gasteiger charge is -2.45. The third-order valence-electron chi connectivity index (χ3n) is 3.28. The van der Waals surface area contributed by atoms with E-state index in [1.807, 2.05) is 35.2 Å². The minimum atomic E-state index is -1.26. The van der Waals surface area contributed by atoms with Gasteiger partial charge in [-0.15, -0.1) is 11.8 Å². The van der Waals surface area contributed by atoms with Gasteiger partial charge in [-0.2, -0.15) is 0 Å². The average molecular weight is 276 g/mol. The van der Waals surface area contributed by atoms with Gasteiger partial charge < -0.3 is 9.90 Å². The van der Waals surface area contributed by atoms with E-state index in [2.05, 4.69) is 0 Å². The van der Waals surface area contributed by atoms with Gasteiger partial charge in [0.1, 0.15) is 0 Å². The second-order valence-corrected chi connectivity index (χ2v) is 5.69. The predicted molar refractivity (Wildman–Crippen MR) is 66.4 cm³/mol. The van der Waals surface area contributed by atoms with Gasteiger partial charge in [0.2, 0.25) is 5.91 Å². The number of β-lactam (4-membered cyclic amide) rings is 1. The van der Waals surface area contributed by atoms with E-state index < -0.39 is 5.97 Å². The van der Waals surface area contributed by atoms with E-state index >= 15 is 0 Å². The van der Waals surface area contributed by atoms with Crippen LogP contribution in [0.4, 0.5) is 0 Å². The first-order valence-electron chi connectivity index (χ1n) is 5.98. The topological polar surface area (TPSA) is 64.3 Å². The standard InChI is InChI=1S/C13H12N2O3S/c16-10-6-11-15(10)12(13(17)18)9(8-19-11)7-14-4-2-1-3-5-14/h1-5,11H,6-8H2. The normalized spacial score (nSPS) is 22.0. The summed E-state index contributed by atoms with van der Waals surface area (Å²) >= 11 is 1.61. The Hall–Kier alpha value is -1.82. The summed E-state index contributed by atoms with van der Waals surface area (Å²) in [5, 5.41) is 11.3. The van der Waals surface area contributed by atoms with Crippen LogP contribution in [0.15, 0.2) is 41.9 Å². The van der Waals surface area contributed by atoms with Gasteiger partial charge in [0.25, 0.3) is 0 Å². The molecule has 0 saturated carbocycles. The molecule has 1 aromatic rings. The molecule has 0 radical (unpaired) electrons. The summed E-state index contributed by atoms with van der Waals surface area (Å²) < 4.78 is 1.89. The molecule has 2 aliphatic rings. The van der Waals surface area contributed by atoms with E-state index in [1.54, 1.807) is 11.8 Å². The van der Waals surface area contributed by atoms with Crippen LogP contribution in [0.5, 0.6) is 0 Å². The number of thioether (sulfide) groups is 1. The number of aromatic nitrogens is 1. The second kappa shape index (κ2) is 4.70. The Morgan fingerprint density at radius 2 is 2.16 bits per heavy atom. The van der Waals surface area contributed by atoms with E-state index in [0.717, 1.165) is 5.57 Å². The zero-order valence-electron chi connectivity index (χ0n) is 10.1. The van der Waals surface area contributed by atoms with Gasteiger partial charge >= 0.3 is 0 Å². The molecule has 1 unspecified atom stereocenters. The van der Waals surface area contributed by atoms with Gasteiger partial charge in [0.05, 0.1) is 23.5 Å². The Balaban J connectivity index is 1.94. The zero-order valence-corrected chi connectivity index (χ0v) is 10.9. The summed E-state index contributed by atoms with van der Waals surface area (Å²) in [5.74, 6) is -0.767. The highest BCUT2D eigenvalue weighted by Gasteiger charge is 2.43. The molecule has 1 saturated heterocycles. The highest BCUT2D eigenvalue weighted by molar-refractivity contribution is 8.00. The number of carbonyl (C=O) groups excluding carboxylic acids is 2. The maximum absolute atomic E-state index is 11.6. The number of carbonyl (C=O) groups is 2. The van der Waals surface area contributed by atoms with Gasteiger partial charge in [-0.05, 0) is 0 Å². The number of carboxylic acids is 1. The molecule has 2 aliphatic heterocycles. The van der Waals surface area contributed by atoms with Crippen molar-refractivity contribution in [3.05, 3.63) is 41.9 Å². The highest BCUT2D eigenvalue weighted by Crippen LogP contribution is 2.39. The van der Waals surface area contributed by atoms with Crippen LogP contribution in [0.1, 0.15) is 6.42 Å². The molecule has 0 spiro atoms. The molecular weight excluding hydrogens is 264 g/mol. The summed E-state index contributed by atoms with van der Waals surface area (Å²) in [7, 11) is 0. The fraction of sp³-hybridized carbons (Fsp3) is 0.308. The maximum Gasteiger partial charge on any atom is 0.230 e. The van der Waals surface area contributed by atoms with Crippen molar-refractivity contribution in [2.75, 3.05) is 5.75 Å². The zero-order chi connectivity index (χ0) is 13.4. The number of nitrogens with zero attached hydrogens (tertiary/aromatic N) is 2. The fourth-order valence-electron chi connectivity index (χ4n) is 2.35. The number of amides is 1. The quantitative estimate of drug-likeness (QED) is 0.540. The molecule has 0 N–H and O–H groups in total. The molecule has 0 aliphatic carbocycles. The first kappa shape index (κ1) is 12.2.